The van der Waals surface area contributed by atoms with Gasteiger partial charge < -0.3 is 9.84 Å². The molecule has 4 nitrogen and oxygen atoms in total. The fraction of sp³-hybridized carbons (Fsp3) is 0.500. The summed E-state index contributed by atoms with van der Waals surface area (Å²) in [4.78, 5) is 21.3. The Hall–Kier alpha value is -1.19. The minimum atomic E-state index is -1.14. The van der Waals surface area contributed by atoms with Gasteiger partial charge in [-0.2, -0.15) is 0 Å². The normalized spacial score (nSPS) is 11.4. The Morgan fingerprint density at radius 2 is 2.07 bits per heavy atom. The van der Waals surface area contributed by atoms with Gasteiger partial charge in [-0.05, 0) is 13.3 Å². The van der Waals surface area contributed by atoms with E-state index in [2.05, 4.69) is 0 Å². The molecule has 0 spiro atoms. The number of hydrogen-bond acceptors (Lipinski definition) is 3. The molecular formula is C8H14B2O4. The number of hydrogen-bond donors (Lipinski definition) is 1. The molecule has 14 heavy (non-hydrogen) atoms. The highest BCUT2D eigenvalue weighted by Gasteiger charge is 2.07. The van der Waals surface area contributed by atoms with E-state index in [1.807, 2.05) is 15.7 Å². The van der Waals surface area contributed by atoms with E-state index in [1.165, 1.54) is 6.92 Å². The third-order valence-corrected chi connectivity index (χ3v) is 1.59. The summed E-state index contributed by atoms with van der Waals surface area (Å²) < 4.78 is 4.84. The van der Waals surface area contributed by atoms with E-state index in [9.17, 15) is 9.59 Å². The van der Waals surface area contributed by atoms with Crippen LogP contribution in [0.25, 0.3) is 0 Å². The second-order valence-electron chi connectivity index (χ2n) is 3.48. The Morgan fingerprint density at radius 3 is 2.50 bits per heavy atom. The largest absolute Gasteiger partial charge is 0.478 e. The first-order valence-electron chi connectivity index (χ1n) is 4.51. The summed E-state index contributed by atoms with van der Waals surface area (Å²) >= 11 is 0. The molecule has 0 saturated heterocycles. The first-order valence-corrected chi connectivity index (χ1v) is 4.51. The zero-order valence-corrected chi connectivity index (χ0v) is 8.74. The number of carboxylic acid groups (broad SMARTS) is 1. The van der Waals surface area contributed by atoms with Crippen LogP contribution in [0.5, 0.6) is 0 Å². The Bertz CT molecular complexity index is 248. The molecule has 0 radical (unpaired) electrons. The molecule has 0 aliphatic heterocycles. The van der Waals surface area contributed by atoms with E-state index in [-0.39, 0.29) is 5.57 Å². The summed E-state index contributed by atoms with van der Waals surface area (Å²) in [5, 5.41) is 8.36. The molecule has 0 aromatic rings. The van der Waals surface area contributed by atoms with Crippen LogP contribution in [0.3, 0.4) is 0 Å². The van der Waals surface area contributed by atoms with E-state index >= 15 is 0 Å². The minimum Gasteiger partial charge on any atom is -0.478 e. The van der Waals surface area contributed by atoms with Gasteiger partial charge in [-0.15, -0.1) is 0 Å². The van der Waals surface area contributed by atoms with Crippen LogP contribution in [0.15, 0.2) is 11.6 Å². The lowest BCUT2D eigenvalue weighted by atomic mass is 9.69. The summed E-state index contributed by atoms with van der Waals surface area (Å²) in [6.07, 6.45) is 1.63. The fourth-order valence-corrected chi connectivity index (χ4v) is 0.745. The van der Waals surface area contributed by atoms with Crippen molar-refractivity contribution in [2.45, 2.75) is 19.1 Å². The highest BCUT2D eigenvalue weighted by atomic mass is 16.5. The quantitative estimate of drug-likeness (QED) is 0.346. The van der Waals surface area contributed by atoms with Crippen LogP contribution in [-0.4, -0.2) is 39.3 Å². The predicted molar refractivity (Wildman–Crippen MR) is 57.8 cm³/mol. The van der Waals surface area contributed by atoms with Gasteiger partial charge in [0, 0.05) is 11.6 Å². The Morgan fingerprint density at radius 1 is 1.50 bits per heavy atom. The molecule has 0 atom stereocenters. The van der Waals surface area contributed by atoms with Crippen LogP contribution in [-0.2, 0) is 14.3 Å². The average Bonchev–Trinajstić information content (AvgIpc) is 2.01. The average molecular weight is 196 g/mol. The van der Waals surface area contributed by atoms with Gasteiger partial charge in [0.15, 0.2) is 0 Å². The highest BCUT2D eigenvalue weighted by molar-refractivity contribution is 6.35. The molecule has 0 bridgehead atoms. The van der Waals surface area contributed by atoms with E-state index in [0.717, 1.165) is 12.5 Å². The molecule has 0 aliphatic carbocycles. The van der Waals surface area contributed by atoms with Crippen LogP contribution in [0, 0.1) is 0 Å². The summed E-state index contributed by atoms with van der Waals surface area (Å²) in [7, 11) is 4.04. The molecule has 0 rings (SSSR count). The molecule has 0 aliphatic rings. The smallest absolute Gasteiger partial charge is 0.333 e. The molecule has 0 heterocycles. The van der Waals surface area contributed by atoms with Crippen molar-refractivity contribution in [3.05, 3.63) is 11.6 Å². The maximum Gasteiger partial charge on any atom is 0.333 e. The van der Waals surface area contributed by atoms with Crippen molar-refractivity contribution in [1.82, 2.24) is 0 Å². The molecule has 0 amide bonds. The van der Waals surface area contributed by atoms with Gasteiger partial charge in [0.25, 0.3) is 0 Å². The van der Waals surface area contributed by atoms with Crippen LogP contribution in [0.1, 0.15) is 13.3 Å². The van der Waals surface area contributed by atoms with Gasteiger partial charge in [0.1, 0.15) is 0 Å². The van der Waals surface area contributed by atoms with Crippen molar-refractivity contribution in [2.24, 2.45) is 0 Å². The van der Waals surface area contributed by atoms with Crippen molar-refractivity contribution in [3.8, 4) is 0 Å². The zero-order valence-electron chi connectivity index (χ0n) is 8.74. The van der Waals surface area contributed by atoms with Crippen molar-refractivity contribution in [1.29, 1.82) is 0 Å². The molecule has 76 valence electrons. The molecule has 6 heteroatoms. The lowest BCUT2D eigenvalue weighted by molar-refractivity contribution is -0.140. The Labute approximate surface area is 85.1 Å². The number of ether oxygens (including phenoxy) is 1. The molecule has 0 aromatic carbocycles. The number of carbonyl (C=O) groups excluding carboxylic acids is 1. The van der Waals surface area contributed by atoms with Gasteiger partial charge in [0.05, 0.1) is 22.3 Å². The third kappa shape index (κ3) is 6.34. The lowest BCUT2D eigenvalue weighted by Gasteiger charge is -2.05. The summed E-state index contributed by atoms with van der Waals surface area (Å²) in [6, 6.07) is 0. The molecule has 1 N–H and O–H groups in total. The predicted octanol–water partition coefficient (Wildman–Crippen LogP) is -1.04. The minimum absolute atomic E-state index is 0.112. The van der Waals surface area contributed by atoms with Crippen LogP contribution < -0.4 is 0 Å². The van der Waals surface area contributed by atoms with E-state index in [0.29, 0.717) is 12.3 Å². The maximum absolute atomic E-state index is 11.1. The number of carboxylic acids is 1. The van der Waals surface area contributed by atoms with Crippen LogP contribution in [0.2, 0.25) is 5.72 Å². The molecule has 0 fully saturated rings. The van der Waals surface area contributed by atoms with Crippen molar-refractivity contribution >= 4 is 27.6 Å². The second-order valence-corrected chi connectivity index (χ2v) is 3.48. The molecule has 0 unspecified atom stereocenters. The molecular weight excluding hydrogens is 182 g/mol. The highest BCUT2D eigenvalue weighted by Crippen LogP contribution is 2.01. The lowest BCUT2D eigenvalue weighted by Crippen LogP contribution is -2.10. The Balaban J connectivity index is 3.91. The van der Waals surface area contributed by atoms with Crippen LogP contribution >= 0.6 is 0 Å². The van der Waals surface area contributed by atoms with E-state index in [1.54, 1.807) is 0 Å². The Kier molecular flexibility index (Phi) is 5.76. The zero-order chi connectivity index (χ0) is 11.1. The molecule has 0 saturated carbocycles. The topological polar surface area (TPSA) is 63.6 Å². The van der Waals surface area contributed by atoms with Gasteiger partial charge in [0.2, 0.25) is 0 Å². The number of rotatable bonds is 5. The van der Waals surface area contributed by atoms with E-state index < -0.39 is 11.9 Å². The van der Waals surface area contributed by atoms with Gasteiger partial charge in [-0.25, -0.2) is 9.59 Å². The molecule has 0 aromatic heterocycles. The van der Waals surface area contributed by atoms with Crippen molar-refractivity contribution in [3.63, 3.8) is 0 Å². The SMILES string of the molecule is BC(B)CCOC(=O)/C(C)=C/C(=O)O. The summed E-state index contributed by atoms with van der Waals surface area (Å²) in [6.45, 7) is 1.76. The van der Waals surface area contributed by atoms with E-state index in [4.69, 9.17) is 9.84 Å². The van der Waals surface area contributed by atoms with Gasteiger partial charge in [-0.1, -0.05) is 5.72 Å². The summed E-state index contributed by atoms with van der Waals surface area (Å²) in [5.74, 6) is -1.70. The number of aliphatic carboxylic acids is 1. The first kappa shape index (κ1) is 12.8. The van der Waals surface area contributed by atoms with Crippen LogP contribution in [0.4, 0.5) is 0 Å². The second kappa shape index (κ2) is 6.29. The standard InChI is InChI=1S/C8H14B2O4/c1-5(4-7(11)12)8(13)14-3-2-6(9)10/h4,6H,2-3,9-10H2,1H3,(H,11,12)/b5-4+. The fourth-order valence-electron chi connectivity index (χ4n) is 0.745. The number of carbonyl (C=O) groups is 2. The third-order valence-electron chi connectivity index (χ3n) is 1.59. The monoisotopic (exact) mass is 196 g/mol. The van der Waals surface area contributed by atoms with Crippen molar-refractivity contribution < 1.29 is 19.4 Å². The summed E-state index contributed by atoms with van der Waals surface area (Å²) in [5.41, 5.74) is 0.577. The van der Waals surface area contributed by atoms with Crippen molar-refractivity contribution in [2.75, 3.05) is 6.61 Å². The van der Waals surface area contributed by atoms with Gasteiger partial charge in [-0.3, -0.25) is 0 Å². The maximum atomic E-state index is 11.1. The first-order chi connectivity index (χ1) is 6.43. The number of esters is 1. The van der Waals surface area contributed by atoms with Gasteiger partial charge >= 0.3 is 11.9 Å².